The molecule has 2 aliphatic heterocycles. The Morgan fingerprint density at radius 1 is 1.50 bits per heavy atom. The molecule has 0 radical (unpaired) electrons. The van der Waals surface area contributed by atoms with Crippen molar-refractivity contribution in [1.82, 2.24) is 4.90 Å². The number of hydrogen-bond donors (Lipinski definition) is 1. The van der Waals surface area contributed by atoms with Gasteiger partial charge in [-0.25, -0.2) is 0 Å². The molecule has 0 amide bonds. The number of thiol groups is 1. The summed E-state index contributed by atoms with van der Waals surface area (Å²) in [6.45, 7) is 2.45. The van der Waals surface area contributed by atoms with Gasteiger partial charge >= 0.3 is 0 Å². The molecular weight excluding hydrogens is 186 g/mol. The van der Waals surface area contributed by atoms with E-state index >= 15 is 0 Å². The Labute approximate surface area is 84.0 Å². The lowest BCUT2D eigenvalue weighted by atomic mass is 10.2. The standard InChI is InChI=1S/C9H15NS2/c11-4-2-1-3-10-6-9-5-8(10)7-12-9/h1-2,8-9,11H,3-7H2/b2-1+. The second-order valence-corrected chi connectivity index (χ2v) is 5.15. The Kier molecular flexibility index (Phi) is 3.05. The van der Waals surface area contributed by atoms with Crippen LogP contribution in [-0.2, 0) is 0 Å². The highest BCUT2D eigenvalue weighted by atomic mass is 32.2. The summed E-state index contributed by atoms with van der Waals surface area (Å²) >= 11 is 6.30. The van der Waals surface area contributed by atoms with Crippen LogP contribution in [0.1, 0.15) is 6.42 Å². The molecule has 2 heterocycles. The van der Waals surface area contributed by atoms with Crippen LogP contribution in [-0.4, -0.2) is 40.8 Å². The quantitative estimate of drug-likeness (QED) is 0.546. The average molecular weight is 201 g/mol. The second-order valence-electron chi connectivity index (χ2n) is 3.45. The minimum absolute atomic E-state index is 0.872. The summed E-state index contributed by atoms with van der Waals surface area (Å²) in [5.74, 6) is 2.23. The van der Waals surface area contributed by atoms with Gasteiger partial charge in [-0.1, -0.05) is 12.2 Å². The maximum atomic E-state index is 4.14. The molecule has 0 spiro atoms. The predicted octanol–water partition coefficient (Wildman–Crippen LogP) is 1.66. The van der Waals surface area contributed by atoms with Crippen molar-refractivity contribution < 1.29 is 0 Å². The van der Waals surface area contributed by atoms with Crippen LogP contribution in [0.2, 0.25) is 0 Å². The fourth-order valence-electron chi connectivity index (χ4n) is 1.99. The van der Waals surface area contributed by atoms with E-state index in [0.717, 1.165) is 23.6 Å². The highest BCUT2D eigenvalue weighted by molar-refractivity contribution is 8.00. The van der Waals surface area contributed by atoms with Crippen molar-refractivity contribution in [3.63, 3.8) is 0 Å². The van der Waals surface area contributed by atoms with Gasteiger partial charge in [0.25, 0.3) is 0 Å². The molecule has 2 saturated heterocycles. The zero-order valence-electron chi connectivity index (χ0n) is 7.15. The van der Waals surface area contributed by atoms with Gasteiger partial charge in [-0.15, -0.1) is 0 Å². The lowest BCUT2D eigenvalue weighted by molar-refractivity contribution is 0.299. The van der Waals surface area contributed by atoms with Crippen molar-refractivity contribution in [3.05, 3.63) is 12.2 Å². The van der Waals surface area contributed by atoms with E-state index in [2.05, 4.69) is 41.4 Å². The smallest absolute Gasteiger partial charge is 0.0201 e. The van der Waals surface area contributed by atoms with Crippen LogP contribution in [0.5, 0.6) is 0 Å². The zero-order valence-corrected chi connectivity index (χ0v) is 8.86. The first-order valence-corrected chi connectivity index (χ1v) is 6.20. The van der Waals surface area contributed by atoms with Crippen LogP contribution >= 0.6 is 24.4 Å². The molecule has 3 heteroatoms. The Morgan fingerprint density at radius 2 is 2.42 bits per heavy atom. The number of nitrogens with zero attached hydrogens (tertiary/aromatic N) is 1. The first-order valence-electron chi connectivity index (χ1n) is 4.51. The average Bonchev–Trinajstić information content (AvgIpc) is 2.65. The highest BCUT2D eigenvalue weighted by Crippen LogP contribution is 2.36. The van der Waals surface area contributed by atoms with Gasteiger partial charge in [-0.05, 0) is 6.42 Å². The molecule has 0 aliphatic carbocycles. The third kappa shape index (κ3) is 1.83. The molecule has 2 bridgehead atoms. The van der Waals surface area contributed by atoms with Crippen molar-refractivity contribution in [1.29, 1.82) is 0 Å². The fourth-order valence-corrected chi connectivity index (χ4v) is 3.63. The van der Waals surface area contributed by atoms with E-state index in [-0.39, 0.29) is 0 Å². The van der Waals surface area contributed by atoms with Gasteiger partial charge in [0.1, 0.15) is 0 Å². The summed E-state index contributed by atoms with van der Waals surface area (Å²) in [5.41, 5.74) is 0. The molecule has 0 aromatic carbocycles. The van der Waals surface area contributed by atoms with E-state index in [1.807, 2.05) is 0 Å². The highest BCUT2D eigenvalue weighted by Gasteiger charge is 2.37. The zero-order chi connectivity index (χ0) is 8.39. The molecule has 0 aromatic rings. The summed E-state index contributed by atoms with van der Waals surface area (Å²) in [5, 5.41) is 0.944. The largest absolute Gasteiger partial charge is 0.295 e. The van der Waals surface area contributed by atoms with Crippen molar-refractivity contribution in [2.24, 2.45) is 0 Å². The number of rotatable bonds is 3. The Bertz CT molecular complexity index is 181. The topological polar surface area (TPSA) is 3.24 Å². The molecule has 2 rings (SSSR count). The molecular formula is C9H15NS2. The minimum atomic E-state index is 0.872. The van der Waals surface area contributed by atoms with Crippen LogP contribution in [0, 0.1) is 0 Å². The van der Waals surface area contributed by atoms with Crippen molar-refractivity contribution in [2.75, 3.05) is 24.6 Å². The van der Waals surface area contributed by atoms with E-state index in [4.69, 9.17) is 0 Å². The minimum Gasteiger partial charge on any atom is -0.295 e. The van der Waals surface area contributed by atoms with Crippen molar-refractivity contribution in [2.45, 2.75) is 17.7 Å². The maximum Gasteiger partial charge on any atom is 0.0201 e. The molecule has 2 unspecified atom stereocenters. The number of likely N-dealkylation sites (tertiary alicyclic amines) is 1. The van der Waals surface area contributed by atoms with Gasteiger partial charge in [0.05, 0.1) is 0 Å². The SMILES string of the molecule is SC/C=C/CN1CC2CC1CS2. The molecule has 0 aromatic heterocycles. The third-order valence-corrected chi connectivity index (χ3v) is 4.23. The van der Waals surface area contributed by atoms with Crippen molar-refractivity contribution in [3.8, 4) is 0 Å². The van der Waals surface area contributed by atoms with E-state index in [1.54, 1.807) is 0 Å². The molecule has 2 fully saturated rings. The summed E-state index contributed by atoms with van der Waals surface area (Å²) in [4.78, 5) is 2.60. The Morgan fingerprint density at radius 3 is 3.00 bits per heavy atom. The van der Waals surface area contributed by atoms with Crippen LogP contribution < -0.4 is 0 Å². The summed E-state index contributed by atoms with van der Waals surface area (Å²) in [7, 11) is 0. The summed E-state index contributed by atoms with van der Waals surface area (Å²) in [6, 6.07) is 0.879. The van der Waals surface area contributed by atoms with Crippen LogP contribution in [0.15, 0.2) is 12.2 Å². The third-order valence-electron chi connectivity index (χ3n) is 2.63. The lowest BCUT2D eigenvalue weighted by Gasteiger charge is -2.24. The van der Waals surface area contributed by atoms with E-state index in [9.17, 15) is 0 Å². The maximum absolute atomic E-state index is 4.14. The molecule has 12 heavy (non-hydrogen) atoms. The molecule has 1 nitrogen and oxygen atoms in total. The number of hydrogen-bond acceptors (Lipinski definition) is 3. The van der Waals surface area contributed by atoms with Gasteiger partial charge in [-0.2, -0.15) is 24.4 Å². The predicted molar refractivity (Wildman–Crippen MR) is 59.2 cm³/mol. The second kappa shape index (κ2) is 4.07. The molecule has 2 atom stereocenters. The first-order chi connectivity index (χ1) is 5.90. The van der Waals surface area contributed by atoms with Gasteiger partial charge < -0.3 is 0 Å². The summed E-state index contributed by atoms with van der Waals surface area (Å²) < 4.78 is 0. The van der Waals surface area contributed by atoms with E-state index in [1.165, 1.54) is 18.7 Å². The monoisotopic (exact) mass is 201 g/mol. The van der Waals surface area contributed by atoms with Crippen LogP contribution in [0.4, 0.5) is 0 Å². The normalized spacial score (nSPS) is 35.4. The molecule has 2 aliphatic rings. The Hall–Kier alpha value is 0.400. The van der Waals surface area contributed by atoms with E-state index < -0.39 is 0 Å². The first kappa shape index (κ1) is 8.97. The molecule has 0 N–H and O–H groups in total. The summed E-state index contributed by atoms with van der Waals surface area (Å²) in [6.07, 6.45) is 5.82. The Balaban J connectivity index is 1.79. The molecule has 68 valence electrons. The van der Waals surface area contributed by atoms with Gasteiger partial charge in [0.2, 0.25) is 0 Å². The van der Waals surface area contributed by atoms with Gasteiger partial charge in [0, 0.05) is 35.9 Å². The number of fused-ring (bicyclic) bond motifs is 2. The van der Waals surface area contributed by atoms with Gasteiger partial charge in [0.15, 0.2) is 0 Å². The molecule has 0 saturated carbocycles. The lowest BCUT2D eigenvalue weighted by Crippen LogP contribution is -2.33. The van der Waals surface area contributed by atoms with Crippen LogP contribution in [0.3, 0.4) is 0 Å². The number of thioether (sulfide) groups is 1. The van der Waals surface area contributed by atoms with Crippen molar-refractivity contribution >= 4 is 24.4 Å². The fraction of sp³-hybridized carbons (Fsp3) is 0.778. The van der Waals surface area contributed by atoms with Crippen LogP contribution in [0.25, 0.3) is 0 Å². The van der Waals surface area contributed by atoms with E-state index in [0.29, 0.717) is 0 Å². The van der Waals surface area contributed by atoms with Gasteiger partial charge in [-0.3, -0.25) is 4.90 Å².